The topological polar surface area (TPSA) is 21.3 Å². The van der Waals surface area contributed by atoms with E-state index < -0.39 is 0 Å². The van der Waals surface area contributed by atoms with Gasteiger partial charge in [-0.3, -0.25) is 0 Å². The van der Waals surface area contributed by atoms with Gasteiger partial charge in [-0.2, -0.15) is 0 Å². The van der Waals surface area contributed by atoms with Crippen LogP contribution in [0, 0.1) is 11.2 Å². The van der Waals surface area contributed by atoms with Crippen LogP contribution >= 0.6 is 0 Å². The molecule has 1 N–H and O–H groups in total. The third kappa shape index (κ3) is 1.99. The molecule has 92 valence electrons. The minimum absolute atomic E-state index is 0.192. The maximum Gasteiger partial charge on any atom is 0.145 e. The first-order valence-corrected chi connectivity index (χ1v) is 6.26. The van der Waals surface area contributed by atoms with Gasteiger partial charge >= 0.3 is 0 Å². The monoisotopic (exact) mass is 235 g/mol. The number of halogens is 1. The summed E-state index contributed by atoms with van der Waals surface area (Å²) in [6.07, 6.45) is 3.51. The van der Waals surface area contributed by atoms with Crippen LogP contribution in [0.4, 0.5) is 10.1 Å². The Bertz CT molecular complexity index is 444. The zero-order valence-corrected chi connectivity index (χ0v) is 10.3. The highest BCUT2D eigenvalue weighted by molar-refractivity contribution is 5.59. The van der Waals surface area contributed by atoms with E-state index in [1.165, 1.54) is 18.6 Å². The largest absolute Gasteiger partial charge is 0.486 e. The molecule has 0 aromatic heterocycles. The average Bonchev–Trinajstić information content (AvgIpc) is 2.26. The number of rotatable bonds is 0. The van der Waals surface area contributed by atoms with Crippen molar-refractivity contribution < 1.29 is 9.13 Å². The SMILES string of the molecule is CC1(C)CCC2Oc3cc(F)ccc3NC2C1. The predicted octanol–water partition coefficient (Wildman–Crippen LogP) is 3.58. The maximum atomic E-state index is 13.1. The van der Waals surface area contributed by atoms with Gasteiger partial charge in [0.2, 0.25) is 0 Å². The van der Waals surface area contributed by atoms with Crippen molar-refractivity contribution in [1.29, 1.82) is 0 Å². The fourth-order valence-corrected chi connectivity index (χ4v) is 2.92. The molecule has 1 aromatic rings. The molecule has 1 aromatic carbocycles. The molecule has 1 aliphatic carbocycles. The second-order valence-electron chi connectivity index (χ2n) is 5.95. The van der Waals surface area contributed by atoms with Crippen molar-refractivity contribution in [2.24, 2.45) is 5.41 Å². The lowest BCUT2D eigenvalue weighted by Crippen LogP contribution is -2.47. The Labute approximate surface area is 101 Å². The van der Waals surface area contributed by atoms with Crippen LogP contribution in [0.3, 0.4) is 0 Å². The fourth-order valence-electron chi connectivity index (χ4n) is 2.92. The second kappa shape index (κ2) is 3.62. The Kier molecular flexibility index (Phi) is 2.32. The van der Waals surface area contributed by atoms with Crippen LogP contribution < -0.4 is 10.1 Å². The molecule has 2 nitrogen and oxygen atoms in total. The van der Waals surface area contributed by atoms with E-state index >= 15 is 0 Å². The fraction of sp³-hybridized carbons (Fsp3) is 0.571. The van der Waals surface area contributed by atoms with Gasteiger partial charge in [0, 0.05) is 6.07 Å². The standard InChI is InChI=1S/C14H18FNO/c1-14(2)6-5-12-11(8-14)16-10-4-3-9(15)7-13(10)17-12/h3-4,7,11-12,16H,5-6,8H2,1-2H3. The molecule has 0 radical (unpaired) electrons. The summed E-state index contributed by atoms with van der Waals surface area (Å²) in [6, 6.07) is 5.07. The third-order valence-electron chi connectivity index (χ3n) is 3.89. The van der Waals surface area contributed by atoms with E-state index in [9.17, 15) is 4.39 Å². The minimum atomic E-state index is -0.236. The van der Waals surface area contributed by atoms with Crippen LogP contribution in [-0.2, 0) is 0 Å². The Morgan fingerprint density at radius 1 is 1.41 bits per heavy atom. The van der Waals surface area contributed by atoms with Crippen molar-refractivity contribution in [1.82, 2.24) is 0 Å². The first-order valence-electron chi connectivity index (χ1n) is 6.26. The molecule has 2 aliphatic rings. The zero-order chi connectivity index (χ0) is 12.0. The van der Waals surface area contributed by atoms with Crippen molar-refractivity contribution >= 4 is 5.69 Å². The van der Waals surface area contributed by atoms with E-state index in [4.69, 9.17) is 4.74 Å². The summed E-state index contributed by atoms with van der Waals surface area (Å²) < 4.78 is 19.0. The van der Waals surface area contributed by atoms with Gasteiger partial charge in [-0.25, -0.2) is 4.39 Å². The van der Waals surface area contributed by atoms with Crippen molar-refractivity contribution in [3.63, 3.8) is 0 Å². The van der Waals surface area contributed by atoms with E-state index in [1.54, 1.807) is 6.07 Å². The van der Waals surface area contributed by atoms with Gasteiger partial charge in [0.25, 0.3) is 0 Å². The number of fused-ring (bicyclic) bond motifs is 2. The molecule has 1 saturated carbocycles. The van der Waals surface area contributed by atoms with Gasteiger partial charge in [-0.1, -0.05) is 13.8 Å². The maximum absolute atomic E-state index is 13.1. The summed E-state index contributed by atoms with van der Waals surface area (Å²) in [5, 5.41) is 3.49. The lowest BCUT2D eigenvalue weighted by Gasteiger charge is -2.44. The molecule has 2 atom stereocenters. The Morgan fingerprint density at radius 3 is 3.06 bits per heavy atom. The molecule has 2 unspecified atom stereocenters. The molecule has 0 saturated heterocycles. The zero-order valence-electron chi connectivity index (χ0n) is 10.3. The lowest BCUT2D eigenvalue weighted by molar-refractivity contribution is 0.0774. The van der Waals surface area contributed by atoms with Gasteiger partial charge in [-0.15, -0.1) is 0 Å². The van der Waals surface area contributed by atoms with Gasteiger partial charge < -0.3 is 10.1 Å². The van der Waals surface area contributed by atoms with Crippen LogP contribution in [0.2, 0.25) is 0 Å². The van der Waals surface area contributed by atoms with Gasteiger partial charge in [0.05, 0.1) is 11.7 Å². The Hall–Kier alpha value is -1.25. The molecule has 17 heavy (non-hydrogen) atoms. The smallest absolute Gasteiger partial charge is 0.145 e. The third-order valence-corrected chi connectivity index (χ3v) is 3.89. The van der Waals surface area contributed by atoms with Gasteiger partial charge in [-0.05, 0) is 36.8 Å². The first-order chi connectivity index (χ1) is 8.03. The summed E-state index contributed by atoms with van der Waals surface area (Å²) in [5.41, 5.74) is 1.29. The summed E-state index contributed by atoms with van der Waals surface area (Å²) in [7, 11) is 0. The highest BCUT2D eigenvalue weighted by Crippen LogP contribution is 2.42. The summed E-state index contributed by atoms with van der Waals surface area (Å²) in [5.74, 6) is 0.422. The highest BCUT2D eigenvalue weighted by Gasteiger charge is 2.38. The van der Waals surface area contributed by atoms with Crippen LogP contribution in [0.25, 0.3) is 0 Å². The number of benzene rings is 1. The molecule has 1 aliphatic heterocycles. The number of nitrogens with one attached hydrogen (secondary N) is 1. The first kappa shape index (κ1) is 10.9. The van der Waals surface area contributed by atoms with Crippen molar-refractivity contribution in [2.45, 2.75) is 45.3 Å². The molecule has 0 amide bonds. The summed E-state index contributed by atoms with van der Waals surface area (Å²) >= 11 is 0. The normalized spacial score (nSPS) is 29.6. The summed E-state index contributed by atoms with van der Waals surface area (Å²) in [4.78, 5) is 0. The summed E-state index contributed by atoms with van der Waals surface area (Å²) in [6.45, 7) is 4.59. The van der Waals surface area contributed by atoms with Gasteiger partial charge in [0.1, 0.15) is 17.7 Å². The molecule has 0 bridgehead atoms. The molecule has 1 fully saturated rings. The Morgan fingerprint density at radius 2 is 2.24 bits per heavy atom. The molecule has 3 rings (SSSR count). The van der Waals surface area contributed by atoms with Crippen LogP contribution in [0.5, 0.6) is 5.75 Å². The van der Waals surface area contributed by atoms with E-state index in [2.05, 4.69) is 19.2 Å². The molecule has 3 heteroatoms. The molecule has 0 spiro atoms. The van der Waals surface area contributed by atoms with Crippen molar-refractivity contribution in [3.05, 3.63) is 24.0 Å². The second-order valence-corrected chi connectivity index (χ2v) is 5.95. The van der Waals surface area contributed by atoms with Crippen molar-refractivity contribution in [3.8, 4) is 5.75 Å². The van der Waals surface area contributed by atoms with Crippen molar-refractivity contribution in [2.75, 3.05) is 5.32 Å². The predicted molar refractivity (Wildman–Crippen MR) is 65.9 cm³/mol. The van der Waals surface area contributed by atoms with Gasteiger partial charge in [0.15, 0.2) is 0 Å². The Balaban J connectivity index is 1.87. The molecule has 1 heterocycles. The number of hydrogen-bond donors (Lipinski definition) is 1. The van der Waals surface area contributed by atoms with E-state index in [-0.39, 0.29) is 11.9 Å². The van der Waals surface area contributed by atoms with Crippen LogP contribution in [-0.4, -0.2) is 12.1 Å². The van der Waals surface area contributed by atoms with E-state index in [0.29, 0.717) is 17.2 Å². The number of ether oxygens (including phenoxy) is 1. The number of hydrogen-bond acceptors (Lipinski definition) is 2. The highest BCUT2D eigenvalue weighted by atomic mass is 19.1. The lowest BCUT2D eigenvalue weighted by atomic mass is 9.73. The molecular weight excluding hydrogens is 217 g/mol. The average molecular weight is 235 g/mol. The van der Waals surface area contributed by atoms with Crippen LogP contribution in [0.1, 0.15) is 33.1 Å². The minimum Gasteiger partial charge on any atom is -0.486 e. The van der Waals surface area contributed by atoms with E-state index in [0.717, 1.165) is 18.5 Å². The van der Waals surface area contributed by atoms with Crippen LogP contribution in [0.15, 0.2) is 18.2 Å². The quantitative estimate of drug-likeness (QED) is 0.742. The van der Waals surface area contributed by atoms with E-state index in [1.807, 2.05) is 0 Å². The molecular formula is C14H18FNO. The number of anilines is 1.